The van der Waals surface area contributed by atoms with Gasteiger partial charge in [-0.3, -0.25) is 14.8 Å². The van der Waals surface area contributed by atoms with Crippen molar-refractivity contribution < 1.29 is 5.03 Å². The zero-order valence-electron chi connectivity index (χ0n) is 13.2. The Bertz CT molecular complexity index is 754. The molecule has 0 unspecified atom stereocenters. The number of rotatable bonds is 6. The summed E-state index contributed by atoms with van der Waals surface area (Å²) in [7, 11) is 3.95. The third-order valence-corrected chi connectivity index (χ3v) is 3.16. The molecule has 0 aliphatic carbocycles. The standard InChI is InChI=1S/C14H18N6O3/c1-9-12(13(21)17-14(16-9)18-20(22)23)6-11-5-4-10(7-15-11)8-19(2)3/h4-5,7H,6,8H2,1-3H3,(H2,16,17,18,21). The van der Waals surface area contributed by atoms with E-state index in [1.165, 1.54) is 0 Å². The Labute approximate surface area is 132 Å². The summed E-state index contributed by atoms with van der Waals surface area (Å²) in [5, 5.41) is 9.62. The van der Waals surface area contributed by atoms with Crippen LogP contribution < -0.4 is 11.0 Å². The summed E-state index contributed by atoms with van der Waals surface area (Å²) in [4.78, 5) is 35.2. The van der Waals surface area contributed by atoms with Crippen molar-refractivity contribution in [2.45, 2.75) is 19.9 Å². The molecule has 2 N–H and O–H groups in total. The highest BCUT2D eigenvalue weighted by atomic mass is 16.7. The Balaban J connectivity index is 2.19. The van der Waals surface area contributed by atoms with Crippen molar-refractivity contribution in [2.75, 3.05) is 19.5 Å². The molecule has 0 atom stereocenters. The van der Waals surface area contributed by atoms with E-state index >= 15 is 0 Å². The average molecular weight is 318 g/mol. The molecule has 9 heteroatoms. The summed E-state index contributed by atoms with van der Waals surface area (Å²) >= 11 is 0. The number of aromatic amines is 1. The minimum atomic E-state index is -0.775. The van der Waals surface area contributed by atoms with Crippen LogP contribution in [0.2, 0.25) is 0 Å². The molecule has 0 bridgehead atoms. The van der Waals surface area contributed by atoms with E-state index < -0.39 is 10.6 Å². The van der Waals surface area contributed by atoms with Gasteiger partial charge in [0.1, 0.15) is 0 Å². The first kappa shape index (κ1) is 16.6. The van der Waals surface area contributed by atoms with E-state index in [4.69, 9.17) is 0 Å². The van der Waals surface area contributed by atoms with Crippen LogP contribution in [0.15, 0.2) is 23.1 Å². The predicted molar refractivity (Wildman–Crippen MR) is 84.6 cm³/mol. The summed E-state index contributed by atoms with van der Waals surface area (Å²) in [5.41, 5.74) is 4.10. The molecule has 0 saturated heterocycles. The lowest BCUT2D eigenvalue weighted by Crippen LogP contribution is -2.21. The van der Waals surface area contributed by atoms with Gasteiger partial charge in [-0.1, -0.05) is 11.5 Å². The number of nitrogens with zero attached hydrogens (tertiary/aromatic N) is 4. The lowest BCUT2D eigenvalue weighted by atomic mass is 10.1. The van der Waals surface area contributed by atoms with Crippen molar-refractivity contribution in [2.24, 2.45) is 0 Å². The lowest BCUT2D eigenvalue weighted by Gasteiger charge is -2.10. The van der Waals surface area contributed by atoms with Crippen LogP contribution in [-0.2, 0) is 13.0 Å². The fourth-order valence-corrected chi connectivity index (χ4v) is 2.16. The first-order chi connectivity index (χ1) is 10.8. The molecule has 2 rings (SSSR count). The molecule has 0 saturated carbocycles. The highest BCUT2D eigenvalue weighted by Gasteiger charge is 2.12. The van der Waals surface area contributed by atoms with Crippen molar-refractivity contribution in [3.05, 3.63) is 61.3 Å². The molecule has 0 aliphatic rings. The van der Waals surface area contributed by atoms with Crippen molar-refractivity contribution >= 4 is 5.95 Å². The van der Waals surface area contributed by atoms with Crippen molar-refractivity contribution in [3.8, 4) is 0 Å². The van der Waals surface area contributed by atoms with Crippen molar-refractivity contribution in [1.29, 1.82) is 0 Å². The van der Waals surface area contributed by atoms with Gasteiger partial charge in [-0.05, 0) is 32.6 Å². The van der Waals surface area contributed by atoms with Gasteiger partial charge in [0, 0.05) is 30.4 Å². The van der Waals surface area contributed by atoms with E-state index in [0.717, 1.165) is 17.8 Å². The van der Waals surface area contributed by atoms with Gasteiger partial charge in [-0.2, -0.15) is 0 Å². The second kappa shape index (κ2) is 6.97. The Morgan fingerprint density at radius 1 is 1.39 bits per heavy atom. The van der Waals surface area contributed by atoms with E-state index in [1.807, 2.05) is 36.6 Å². The van der Waals surface area contributed by atoms with Gasteiger partial charge in [0.2, 0.25) is 0 Å². The smallest absolute Gasteiger partial charge is 0.265 e. The SMILES string of the molecule is Cc1nc(N[N+](=O)[O-])[nH]c(=O)c1Cc1ccc(CN(C)C)cn1. The molecule has 0 fully saturated rings. The molecule has 2 aromatic heterocycles. The van der Waals surface area contributed by atoms with E-state index in [1.54, 1.807) is 13.1 Å². The zero-order valence-corrected chi connectivity index (χ0v) is 13.2. The molecular formula is C14H18N6O3. The minimum absolute atomic E-state index is 0.185. The van der Waals surface area contributed by atoms with E-state index in [-0.39, 0.29) is 5.95 Å². The molecule has 122 valence electrons. The van der Waals surface area contributed by atoms with Gasteiger partial charge in [0.15, 0.2) is 5.03 Å². The fourth-order valence-electron chi connectivity index (χ4n) is 2.16. The van der Waals surface area contributed by atoms with Crippen LogP contribution in [0.3, 0.4) is 0 Å². The number of hydrazine groups is 1. The maximum absolute atomic E-state index is 12.1. The van der Waals surface area contributed by atoms with Gasteiger partial charge in [-0.25, -0.2) is 15.1 Å². The molecule has 0 radical (unpaired) electrons. The molecule has 0 spiro atoms. The average Bonchev–Trinajstić information content (AvgIpc) is 2.43. The van der Waals surface area contributed by atoms with Crippen LogP contribution in [0.5, 0.6) is 0 Å². The normalized spacial score (nSPS) is 10.8. The highest BCUT2D eigenvalue weighted by Crippen LogP contribution is 2.09. The maximum Gasteiger partial charge on any atom is 0.265 e. The van der Waals surface area contributed by atoms with E-state index in [9.17, 15) is 14.9 Å². The van der Waals surface area contributed by atoms with Gasteiger partial charge in [0.05, 0.1) is 5.69 Å². The van der Waals surface area contributed by atoms with Gasteiger partial charge >= 0.3 is 0 Å². The molecule has 0 aliphatic heterocycles. The van der Waals surface area contributed by atoms with Crippen LogP contribution in [0.1, 0.15) is 22.5 Å². The van der Waals surface area contributed by atoms with Crippen molar-refractivity contribution in [1.82, 2.24) is 19.9 Å². The van der Waals surface area contributed by atoms with E-state index in [2.05, 4.69) is 15.0 Å². The van der Waals surface area contributed by atoms with Crippen LogP contribution >= 0.6 is 0 Å². The second-order valence-electron chi connectivity index (χ2n) is 5.42. The van der Waals surface area contributed by atoms with Gasteiger partial charge in [-0.15, -0.1) is 0 Å². The number of nitrogens with one attached hydrogen (secondary N) is 2. The molecule has 2 aromatic rings. The quantitative estimate of drug-likeness (QED) is 0.595. The Hall–Kier alpha value is -2.81. The number of hydrogen-bond acceptors (Lipinski definition) is 6. The van der Waals surface area contributed by atoms with Gasteiger partial charge < -0.3 is 4.90 Å². The summed E-state index contributed by atoms with van der Waals surface area (Å²) < 4.78 is 0. The topological polar surface area (TPSA) is 117 Å². The molecular weight excluding hydrogens is 300 g/mol. The third-order valence-electron chi connectivity index (χ3n) is 3.16. The fraction of sp³-hybridized carbons (Fsp3) is 0.357. The number of nitro groups is 1. The monoisotopic (exact) mass is 318 g/mol. The number of aryl methyl sites for hydroxylation is 1. The van der Waals surface area contributed by atoms with Gasteiger partial charge in [0.25, 0.3) is 11.5 Å². The summed E-state index contributed by atoms with van der Waals surface area (Å²) in [5.74, 6) is -0.185. The summed E-state index contributed by atoms with van der Waals surface area (Å²) in [6, 6.07) is 3.82. The van der Waals surface area contributed by atoms with E-state index in [0.29, 0.717) is 17.7 Å². The lowest BCUT2D eigenvalue weighted by molar-refractivity contribution is -0.446. The number of pyridine rings is 1. The summed E-state index contributed by atoms with van der Waals surface area (Å²) in [6.45, 7) is 2.42. The predicted octanol–water partition coefficient (Wildman–Crippen LogP) is 0.729. The maximum atomic E-state index is 12.1. The number of anilines is 1. The molecule has 0 amide bonds. The molecule has 23 heavy (non-hydrogen) atoms. The Morgan fingerprint density at radius 2 is 2.13 bits per heavy atom. The van der Waals surface area contributed by atoms with Crippen LogP contribution in [0.4, 0.5) is 5.95 Å². The number of aromatic nitrogens is 3. The van der Waals surface area contributed by atoms with Crippen LogP contribution in [0.25, 0.3) is 0 Å². The molecule has 2 heterocycles. The van der Waals surface area contributed by atoms with Crippen LogP contribution in [-0.4, -0.2) is 39.0 Å². The Kier molecular flexibility index (Phi) is 5.02. The molecule has 0 aromatic carbocycles. The van der Waals surface area contributed by atoms with Crippen LogP contribution in [0, 0.1) is 17.0 Å². The first-order valence-corrected chi connectivity index (χ1v) is 6.94. The number of hydrogen-bond donors (Lipinski definition) is 2. The second-order valence-corrected chi connectivity index (χ2v) is 5.42. The summed E-state index contributed by atoms with van der Waals surface area (Å²) in [6.07, 6.45) is 2.09. The molecule has 9 nitrogen and oxygen atoms in total. The first-order valence-electron chi connectivity index (χ1n) is 6.94. The third kappa shape index (κ3) is 4.58. The highest BCUT2D eigenvalue weighted by molar-refractivity contribution is 5.30. The largest absolute Gasteiger partial charge is 0.305 e. The van der Waals surface area contributed by atoms with Crippen molar-refractivity contribution in [3.63, 3.8) is 0 Å². The minimum Gasteiger partial charge on any atom is -0.305 e. The zero-order chi connectivity index (χ0) is 17.0. The Morgan fingerprint density at radius 3 is 2.65 bits per heavy atom. The number of H-pyrrole nitrogens is 1.